The van der Waals surface area contributed by atoms with E-state index in [1.54, 1.807) is 0 Å². The molecule has 4 heteroatoms. The zero-order valence-corrected chi connectivity index (χ0v) is 11.2. The maximum Gasteiger partial charge on any atom is 0.314 e. The quantitative estimate of drug-likeness (QED) is 0.636. The Hall–Kier alpha value is -0.770. The lowest BCUT2D eigenvalue weighted by atomic mass is 9.80. The number of hydrogen-bond acceptors (Lipinski definition) is 2. The van der Waals surface area contributed by atoms with E-state index in [9.17, 15) is 9.90 Å². The Balaban J connectivity index is 1.46. The molecule has 3 N–H and O–H groups in total. The molecule has 0 spiro atoms. The lowest BCUT2D eigenvalue weighted by Gasteiger charge is -2.36. The van der Waals surface area contributed by atoms with Crippen LogP contribution in [0.5, 0.6) is 0 Å². The minimum absolute atomic E-state index is 0.137. The molecule has 2 rings (SSSR count). The molecular formula is C14H26N2O2. The van der Waals surface area contributed by atoms with Gasteiger partial charge in [0.15, 0.2) is 0 Å². The molecule has 0 bridgehead atoms. The number of urea groups is 1. The van der Waals surface area contributed by atoms with Crippen molar-refractivity contribution in [1.29, 1.82) is 0 Å². The fraction of sp³-hybridized carbons (Fsp3) is 0.929. The molecule has 104 valence electrons. The van der Waals surface area contributed by atoms with Gasteiger partial charge in [0.1, 0.15) is 0 Å². The first-order valence-corrected chi connectivity index (χ1v) is 7.42. The highest BCUT2D eigenvalue weighted by molar-refractivity contribution is 5.73. The van der Waals surface area contributed by atoms with Gasteiger partial charge in [-0.1, -0.05) is 25.7 Å². The number of rotatable bonds is 6. The Kier molecular flexibility index (Phi) is 4.87. The summed E-state index contributed by atoms with van der Waals surface area (Å²) in [5.41, 5.74) is -0.624. The molecule has 0 aromatic heterocycles. The molecule has 2 amide bonds. The summed E-state index contributed by atoms with van der Waals surface area (Å²) in [6.45, 7) is 1.14. The number of aliphatic hydroxyl groups is 1. The average Bonchev–Trinajstić information content (AvgIpc) is 2.82. The largest absolute Gasteiger partial charge is 0.388 e. The highest BCUT2D eigenvalue weighted by Crippen LogP contribution is 2.30. The van der Waals surface area contributed by atoms with Crippen LogP contribution in [-0.2, 0) is 0 Å². The molecule has 2 saturated carbocycles. The van der Waals surface area contributed by atoms with Gasteiger partial charge in [-0.15, -0.1) is 0 Å². The predicted octanol–water partition coefficient (Wildman–Crippen LogP) is 2.17. The minimum Gasteiger partial charge on any atom is -0.388 e. The first-order chi connectivity index (χ1) is 8.68. The summed E-state index contributed by atoms with van der Waals surface area (Å²) in [5, 5.41) is 15.5. The summed E-state index contributed by atoms with van der Waals surface area (Å²) in [6, 6.07) is -0.137. The highest BCUT2D eigenvalue weighted by atomic mass is 16.3. The normalized spacial score (nSPS) is 22.5. The van der Waals surface area contributed by atoms with Crippen LogP contribution < -0.4 is 10.6 Å². The fourth-order valence-corrected chi connectivity index (χ4v) is 2.96. The lowest BCUT2D eigenvalue weighted by Crippen LogP contribution is -2.50. The third kappa shape index (κ3) is 4.16. The van der Waals surface area contributed by atoms with Crippen molar-refractivity contribution in [2.75, 3.05) is 13.1 Å². The zero-order chi connectivity index (χ0) is 12.8. The smallest absolute Gasteiger partial charge is 0.314 e. The molecule has 0 unspecified atom stereocenters. The molecule has 2 aliphatic rings. The summed E-state index contributed by atoms with van der Waals surface area (Å²) < 4.78 is 0. The van der Waals surface area contributed by atoms with Crippen molar-refractivity contribution in [2.24, 2.45) is 5.92 Å². The summed E-state index contributed by atoms with van der Waals surface area (Å²) >= 11 is 0. The highest BCUT2D eigenvalue weighted by Gasteiger charge is 2.34. The molecule has 0 atom stereocenters. The van der Waals surface area contributed by atoms with Gasteiger partial charge in [-0.3, -0.25) is 0 Å². The predicted molar refractivity (Wildman–Crippen MR) is 71.4 cm³/mol. The van der Waals surface area contributed by atoms with Gasteiger partial charge in [0.25, 0.3) is 0 Å². The van der Waals surface area contributed by atoms with Gasteiger partial charge in [-0.05, 0) is 38.0 Å². The van der Waals surface area contributed by atoms with Gasteiger partial charge in [0.2, 0.25) is 0 Å². The van der Waals surface area contributed by atoms with E-state index in [1.807, 2.05) is 0 Å². The molecule has 0 heterocycles. The molecule has 0 aromatic rings. The number of carbonyl (C=O) groups is 1. The van der Waals surface area contributed by atoms with Crippen molar-refractivity contribution in [3.05, 3.63) is 0 Å². The van der Waals surface area contributed by atoms with Gasteiger partial charge < -0.3 is 15.7 Å². The summed E-state index contributed by atoms with van der Waals surface area (Å²) in [5.74, 6) is 0.894. The first-order valence-electron chi connectivity index (χ1n) is 7.42. The van der Waals surface area contributed by atoms with E-state index >= 15 is 0 Å². The van der Waals surface area contributed by atoms with Crippen molar-refractivity contribution >= 4 is 6.03 Å². The second-order valence-electron chi connectivity index (χ2n) is 5.98. The molecule has 2 fully saturated rings. The monoisotopic (exact) mass is 254 g/mol. The van der Waals surface area contributed by atoms with Gasteiger partial charge in [0, 0.05) is 13.1 Å². The van der Waals surface area contributed by atoms with Crippen LogP contribution in [0.1, 0.15) is 57.8 Å². The van der Waals surface area contributed by atoms with Crippen molar-refractivity contribution < 1.29 is 9.90 Å². The van der Waals surface area contributed by atoms with E-state index in [1.165, 1.54) is 32.1 Å². The van der Waals surface area contributed by atoms with Crippen molar-refractivity contribution in [3.8, 4) is 0 Å². The van der Waals surface area contributed by atoms with Crippen LogP contribution in [0.25, 0.3) is 0 Å². The van der Waals surface area contributed by atoms with Gasteiger partial charge in [0.05, 0.1) is 5.60 Å². The van der Waals surface area contributed by atoms with Crippen molar-refractivity contribution in [1.82, 2.24) is 10.6 Å². The topological polar surface area (TPSA) is 61.4 Å². The van der Waals surface area contributed by atoms with Crippen LogP contribution in [0.15, 0.2) is 0 Å². The van der Waals surface area contributed by atoms with E-state index in [-0.39, 0.29) is 6.03 Å². The molecule has 0 saturated heterocycles. The third-order valence-electron chi connectivity index (χ3n) is 4.41. The van der Waals surface area contributed by atoms with Gasteiger partial charge in [-0.25, -0.2) is 4.79 Å². The molecule has 2 aliphatic carbocycles. The summed E-state index contributed by atoms with van der Waals surface area (Å²) in [6.07, 6.45) is 10.5. The van der Waals surface area contributed by atoms with E-state index in [0.717, 1.165) is 38.1 Å². The average molecular weight is 254 g/mol. The second kappa shape index (κ2) is 6.41. The molecule has 0 radical (unpaired) electrons. The molecular weight excluding hydrogens is 228 g/mol. The van der Waals surface area contributed by atoms with Crippen LogP contribution in [0, 0.1) is 5.92 Å². The minimum atomic E-state index is -0.624. The molecule has 4 nitrogen and oxygen atoms in total. The zero-order valence-electron chi connectivity index (χ0n) is 11.2. The van der Waals surface area contributed by atoms with Crippen molar-refractivity contribution in [2.45, 2.75) is 63.4 Å². The molecule has 18 heavy (non-hydrogen) atoms. The van der Waals surface area contributed by atoms with Crippen LogP contribution in [0.4, 0.5) is 4.79 Å². The fourth-order valence-electron chi connectivity index (χ4n) is 2.96. The van der Waals surface area contributed by atoms with Crippen molar-refractivity contribution in [3.63, 3.8) is 0 Å². The maximum atomic E-state index is 11.5. The number of amides is 2. The van der Waals surface area contributed by atoms with Crippen LogP contribution >= 0.6 is 0 Å². The van der Waals surface area contributed by atoms with Gasteiger partial charge in [-0.2, -0.15) is 0 Å². The Morgan fingerprint density at radius 2 is 1.89 bits per heavy atom. The SMILES string of the molecule is O=C(NCCCC1CCCC1)NCC1(O)CCC1. The lowest BCUT2D eigenvalue weighted by molar-refractivity contribution is -0.0290. The maximum absolute atomic E-state index is 11.5. The number of hydrogen-bond donors (Lipinski definition) is 3. The van der Waals surface area contributed by atoms with E-state index in [4.69, 9.17) is 0 Å². The number of nitrogens with one attached hydrogen (secondary N) is 2. The Bertz CT molecular complexity index is 271. The Morgan fingerprint density at radius 1 is 1.17 bits per heavy atom. The Labute approximate surface area is 110 Å². The summed E-state index contributed by atoms with van der Waals surface area (Å²) in [4.78, 5) is 11.5. The Morgan fingerprint density at radius 3 is 2.50 bits per heavy atom. The van der Waals surface area contributed by atoms with E-state index in [0.29, 0.717) is 6.54 Å². The summed E-state index contributed by atoms with van der Waals surface area (Å²) in [7, 11) is 0. The van der Waals surface area contributed by atoms with Crippen LogP contribution in [0.3, 0.4) is 0 Å². The first kappa shape index (κ1) is 13.7. The van der Waals surface area contributed by atoms with E-state index in [2.05, 4.69) is 10.6 Å². The van der Waals surface area contributed by atoms with Crippen LogP contribution in [0.2, 0.25) is 0 Å². The molecule has 0 aromatic carbocycles. The van der Waals surface area contributed by atoms with E-state index < -0.39 is 5.60 Å². The molecule has 0 aliphatic heterocycles. The van der Waals surface area contributed by atoms with Gasteiger partial charge >= 0.3 is 6.03 Å². The standard InChI is InChI=1S/C14H26N2O2/c17-13(16-11-14(18)8-4-9-14)15-10-3-7-12-5-1-2-6-12/h12,18H,1-11H2,(H2,15,16,17). The second-order valence-corrected chi connectivity index (χ2v) is 5.98. The third-order valence-corrected chi connectivity index (χ3v) is 4.41. The van der Waals surface area contributed by atoms with Crippen LogP contribution in [-0.4, -0.2) is 29.8 Å². The number of carbonyl (C=O) groups excluding carboxylic acids is 1.